The second kappa shape index (κ2) is 8.04. The molecule has 3 atom stereocenters. The summed E-state index contributed by atoms with van der Waals surface area (Å²) < 4.78 is 6.45. The lowest BCUT2D eigenvalue weighted by atomic mass is 9.64. The number of benzene rings is 1. The standard InChI is InChI=1S/C27H37N3O/c1-4-15-29-24(8-1)26(14-19-31-27(20-26)11-2-3-12-27)13-16-28-23-10-18-30-17-9-21-6-5-7-22(23)25(21)30/h1,4-7,15,23-24,28H,2-3,8-14,16-20H2/t23?,24?,26-/m1/s1. The summed E-state index contributed by atoms with van der Waals surface area (Å²) in [5, 5.41) is 4.01. The first-order valence-corrected chi connectivity index (χ1v) is 12.7. The number of anilines is 1. The molecule has 0 amide bonds. The van der Waals surface area contributed by atoms with Gasteiger partial charge in [0.05, 0.1) is 11.6 Å². The van der Waals surface area contributed by atoms with E-state index in [0.717, 1.165) is 26.0 Å². The van der Waals surface area contributed by atoms with Crippen LogP contribution >= 0.6 is 0 Å². The van der Waals surface area contributed by atoms with Gasteiger partial charge in [-0.3, -0.25) is 4.99 Å². The van der Waals surface area contributed by atoms with Gasteiger partial charge in [-0.05, 0) is 80.5 Å². The third-order valence-corrected chi connectivity index (χ3v) is 8.95. The molecule has 0 radical (unpaired) electrons. The molecule has 1 saturated carbocycles. The van der Waals surface area contributed by atoms with Crippen molar-refractivity contribution in [2.24, 2.45) is 10.4 Å². The molecule has 1 N–H and O–H groups in total. The van der Waals surface area contributed by atoms with E-state index in [1.165, 1.54) is 70.0 Å². The maximum atomic E-state index is 6.45. The summed E-state index contributed by atoms with van der Waals surface area (Å²) in [4.78, 5) is 7.62. The molecule has 31 heavy (non-hydrogen) atoms. The first kappa shape index (κ1) is 20.0. The van der Waals surface area contributed by atoms with Crippen LogP contribution < -0.4 is 10.2 Å². The van der Waals surface area contributed by atoms with E-state index in [-0.39, 0.29) is 11.0 Å². The lowest BCUT2D eigenvalue weighted by Crippen LogP contribution is -2.50. The van der Waals surface area contributed by atoms with Crippen LogP contribution in [0.2, 0.25) is 0 Å². The van der Waals surface area contributed by atoms with Crippen molar-refractivity contribution in [2.75, 3.05) is 31.1 Å². The van der Waals surface area contributed by atoms with Crippen molar-refractivity contribution in [3.63, 3.8) is 0 Å². The van der Waals surface area contributed by atoms with Gasteiger partial charge in [-0.1, -0.05) is 37.1 Å². The van der Waals surface area contributed by atoms with Gasteiger partial charge in [0.15, 0.2) is 0 Å². The Morgan fingerprint density at radius 3 is 2.97 bits per heavy atom. The lowest BCUT2D eigenvalue weighted by Gasteiger charge is -2.50. The van der Waals surface area contributed by atoms with E-state index in [0.29, 0.717) is 12.1 Å². The molecule has 166 valence electrons. The number of dihydropyridines is 1. The Bertz CT molecular complexity index is 871. The first-order chi connectivity index (χ1) is 15.3. The summed E-state index contributed by atoms with van der Waals surface area (Å²) in [7, 11) is 0. The quantitative estimate of drug-likeness (QED) is 0.731. The molecule has 1 aliphatic carbocycles. The number of ether oxygens (including phenoxy) is 1. The van der Waals surface area contributed by atoms with Crippen molar-refractivity contribution in [2.45, 2.75) is 81.9 Å². The molecule has 6 rings (SSSR count). The molecule has 4 aliphatic heterocycles. The van der Waals surface area contributed by atoms with Crippen molar-refractivity contribution >= 4 is 11.9 Å². The Hall–Kier alpha value is -1.65. The topological polar surface area (TPSA) is 36.9 Å². The minimum Gasteiger partial charge on any atom is -0.375 e. The second-order valence-electron chi connectivity index (χ2n) is 10.6. The Balaban J connectivity index is 1.19. The van der Waals surface area contributed by atoms with Crippen LogP contribution in [0.3, 0.4) is 0 Å². The Morgan fingerprint density at radius 2 is 2.10 bits per heavy atom. The van der Waals surface area contributed by atoms with Crippen LogP contribution in [0.4, 0.5) is 5.69 Å². The van der Waals surface area contributed by atoms with Crippen LogP contribution in [-0.2, 0) is 11.2 Å². The van der Waals surface area contributed by atoms with E-state index in [2.05, 4.69) is 40.6 Å². The third kappa shape index (κ3) is 3.56. The van der Waals surface area contributed by atoms with E-state index in [1.807, 2.05) is 6.21 Å². The van der Waals surface area contributed by atoms with Gasteiger partial charge in [0, 0.05) is 37.6 Å². The molecule has 1 aromatic rings. The van der Waals surface area contributed by atoms with Crippen LogP contribution in [0, 0.1) is 5.41 Å². The zero-order chi connectivity index (χ0) is 20.7. The van der Waals surface area contributed by atoms with Crippen molar-refractivity contribution in [1.82, 2.24) is 5.32 Å². The van der Waals surface area contributed by atoms with Gasteiger partial charge in [-0.25, -0.2) is 0 Å². The fourth-order valence-corrected chi connectivity index (χ4v) is 7.37. The van der Waals surface area contributed by atoms with Gasteiger partial charge in [-0.2, -0.15) is 0 Å². The normalized spacial score (nSPS) is 33.2. The van der Waals surface area contributed by atoms with Crippen molar-refractivity contribution in [3.8, 4) is 0 Å². The summed E-state index contributed by atoms with van der Waals surface area (Å²) in [5.41, 5.74) is 5.04. The summed E-state index contributed by atoms with van der Waals surface area (Å²) in [6, 6.07) is 7.88. The lowest BCUT2D eigenvalue weighted by molar-refractivity contribution is -0.130. The van der Waals surface area contributed by atoms with Crippen LogP contribution in [0.1, 0.15) is 75.0 Å². The van der Waals surface area contributed by atoms with Crippen molar-refractivity contribution < 1.29 is 4.74 Å². The van der Waals surface area contributed by atoms with Crippen LogP contribution in [0.25, 0.3) is 0 Å². The maximum absolute atomic E-state index is 6.45. The van der Waals surface area contributed by atoms with Crippen molar-refractivity contribution in [1.29, 1.82) is 0 Å². The molecule has 0 bridgehead atoms. The van der Waals surface area contributed by atoms with Gasteiger partial charge in [0.25, 0.3) is 0 Å². The zero-order valence-corrected chi connectivity index (χ0v) is 18.8. The second-order valence-corrected chi connectivity index (χ2v) is 10.6. The summed E-state index contributed by atoms with van der Waals surface area (Å²) in [6.07, 6.45) is 18.8. The monoisotopic (exact) mass is 419 g/mol. The fourth-order valence-electron chi connectivity index (χ4n) is 7.37. The largest absolute Gasteiger partial charge is 0.375 e. The fraction of sp³-hybridized carbons (Fsp3) is 0.667. The third-order valence-electron chi connectivity index (χ3n) is 8.95. The highest BCUT2D eigenvalue weighted by Gasteiger charge is 2.50. The number of allylic oxidation sites excluding steroid dienone is 1. The van der Waals surface area contributed by atoms with Gasteiger partial charge in [-0.15, -0.1) is 0 Å². The average Bonchev–Trinajstić information content (AvgIpc) is 3.44. The highest BCUT2D eigenvalue weighted by Crippen LogP contribution is 2.52. The van der Waals surface area contributed by atoms with Gasteiger partial charge < -0.3 is 15.0 Å². The Labute approximate surface area is 187 Å². The molecule has 4 heteroatoms. The predicted octanol–water partition coefficient (Wildman–Crippen LogP) is 4.98. The maximum Gasteiger partial charge on any atom is 0.0688 e. The van der Waals surface area contributed by atoms with Crippen molar-refractivity contribution in [3.05, 3.63) is 41.5 Å². The van der Waals surface area contributed by atoms with E-state index in [4.69, 9.17) is 9.73 Å². The molecule has 2 fully saturated rings. The smallest absolute Gasteiger partial charge is 0.0688 e. The van der Waals surface area contributed by atoms with Gasteiger partial charge in [0.1, 0.15) is 0 Å². The number of hydrogen-bond acceptors (Lipinski definition) is 4. The average molecular weight is 420 g/mol. The Morgan fingerprint density at radius 1 is 1.16 bits per heavy atom. The summed E-state index contributed by atoms with van der Waals surface area (Å²) in [5.74, 6) is 0. The number of rotatable bonds is 5. The number of aliphatic imine (C=N–C) groups is 1. The van der Waals surface area contributed by atoms with E-state index in [9.17, 15) is 0 Å². The van der Waals surface area contributed by atoms with E-state index < -0.39 is 0 Å². The Kier molecular flexibility index (Phi) is 5.19. The predicted molar refractivity (Wildman–Crippen MR) is 127 cm³/mol. The minimum absolute atomic E-state index is 0.139. The molecule has 1 saturated heterocycles. The molecule has 1 aromatic carbocycles. The van der Waals surface area contributed by atoms with Crippen LogP contribution in [0.15, 0.2) is 35.3 Å². The molecule has 4 nitrogen and oxygen atoms in total. The first-order valence-electron chi connectivity index (χ1n) is 12.7. The minimum atomic E-state index is 0.139. The summed E-state index contributed by atoms with van der Waals surface area (Å²) >= 11 is 0. The molecule has 1 spiro atoms. The van der Waals surface area contributed by atoms with Crippen LogP contribution in [0.5, 0.6) is 0 Å². The van der Waals surface area contributed by atoms with E-state index in [1.54, 1.807) is 11.3 Å². The van der Waals surface area contributed by atoms with E-state index >= 15 is 0 Å². The molecule has 5 aliphatic rings. The number of nitrogens with one attached hydrogen (secondary N) is 1. The zero-order valence-electron chi connectivity index (χ0n) is 18.8. The number of nitrogens with zero attached hydrogens (tertiary/aromatic N) is 2. The van der Waals surface area contributed by atoms with Gasteiger partial charge in [0.2, 0.25) is 0 Å². The molecular formula is C27H37N3O. The molecular weight excluding hydrogens is 382 g/mol. The summed E-state index contributed by atoms with van der Waals surface area (Å²) in [6.45, 7) is 4.40. The number of hydrogen-bond donors (Lipinski definition) is 1. The molecule has 4 heterocycles. The SMILES string of the molecule is C1=CCC([C@]2(CCNC3CCN4CCc5cccc3c54)CCOC3(CCCC3)C2)N=C1. The number of para-hydroxylation sites is 1. The molecule has 0 aromatic heterocycles. The van der Waals surface area contributed by atoms with Gasteiger partial charge >= 0.3 is 0 Å². The highest BCUT2D eigenvalue weighted by atomic mass is 16.5. The highest BCUT2D eigenvalue weighted by molar-refractivity contribution is 5.72. The molecule has 2 unspecified atom stereocenters. The van der Waals surface area contributed by atoms with Crippen LogP contribution in [-0.4, -0.2) is 44.1 Å².